The number of rotatable bonds is 8. The van der Waals surface area contributed by atoms with Gasteiger partial charge in [0.15, 0.2) is 0 Å². The largest absolute Gasteiger partial charge is 0.310 e. The molecule has 0 radical (unpaired) electrons. The summed E-state index contributed by atoms with van der Waals surface area (Å²) in [4.78, 5) is 0. The van der Waals surface area contributed by atoms with Crippen molar-refractivity contribution in [3.63, 3.8) is 0 Å². The minimum atomic E-state index is 0.627. The van der Waals surface area contributed by atoms with Crippen LogP contribution in [0.15, 0.2) is 5.10 Å². The monoisotopic (exact) mass is 181 g/mol. The number of nitriles is 1. The standard InChI is InChI=1S/C10H19N3/c1-2-3-6-9-12-13-10-7-4-5-8-11/h10,12H,2-7,9H2,1H3. The van der Waals surface area contributed by atoms with Crippen molar-refractivity contribution in [3.05, 3.63) is 0 Å². The molecule has 3 nitrogen and oxygen atoms in total. The Morgan fingerprint density at radius 3 is 2.92 bits per heavy atom. The van der Waals surface area contributed by atoms with E-state index in [0.717, 1.165) is 19.4 Å². The van der Waals surface area contributed by atoms with Crippen molar-refractivity contribution in [1.29, 1.82) is 5.26 Å². The second-order valence-corrected chi connectivity index (χ2v) is 2.98. The molecule has 13 heavy (non-hydrogen) atoms. The molecule has 0 unspecified atom stereocenters. The van der Waals surface area contributed by atoms with Crippen molar-refractivity contribution in [2.24, 2.45) is 5.10 Å². The minimum absolute atomic E-state index is 0.627. The molecule has 0 saturated carbocycles. The fourth-order valence-corrected chi connectivity index (χ4v) is 0.920. The molecule has 0 bridgehead atoms. The SMILES string of the molecule is CCCCCNN=CCCCC#N. The van der Waals surface area contributed by atoms with E-state index in [1.54, 1.807) is 0 Å². The average molecular weight is 181 g/mol. The maximum absolute atomic E-state index is 8.26. The highest BCUT2D eigenvalue weighted by Gasteiger charge is 1.83. The van der Waals surface area contributed by atoms with E-state index in [0.29, 0.717) is 6.42 Å². The molecule has 0 spiro atoms. The third-order valence-electron chi connectivity index (χ3n) is 1.70. The van der Waals surface area contributed by atoms with Crippen LogP contribution in [0.5, 0.6) is 0 Å². The number of hydrogen-bond donors (Lipinski definition) is 1. The Morgan fingerprint density at radius 2 is 2.23 bits per heavy atom. The molecular formula is C10H19N3. The molecule has 0 amide bonds. The van der Waals surface area contributed by atoms with Crippen LogP contribution in [-0.4, -0.2) is 12.8 Å². The fraction of sp³-hybridized carbons (Fsp3) is 0.800. The topological polar surface area (TPSA) is 48.2 Å². The highest BCUT2D eigenvalue weighted by Crippen LogP contribution is 1.91. The highest BCUT2D eigenvalue weighted by molar-refractivity contribution is 5.56. The third kappa shape index (κ3) is 11.0. The van der Waals surface area contributed by atoms with Gasteiger partial charge in [0, 0.05) is 19.2 Å². The van der Waals surface area contributed by atoms with Crippen LogP contribution in [0.25, 0.3) is 0 Å². The maximum Gasteiger partial charge on any atom is 0.0621 e. The van der Waals surface area contributed by atoms with Gasteiger partial charge in [0.2, 0.25) is 0 Å². The van der Waals surface area contributed by atoms with Gasteiger partial charge < -0.3 is 5.43 Å². The van der Waals surface area contributed by atoms with Crippen LogP contribution < -0.4 is 5.43 Å². The molecule has 0 aromatic heterocycles. The van der Waals surface area contributed by atoms with Gasteiger partial charge in [-0.3, -0.25) is 0 Å². The summed E-state index contributed by atoms with van der Waals surface area (Å²) in [5.41, 5.74) is 2.98. The van der Waals surface area contributed by atoms with Crippen molar-refractivity contribution in [2.75, 3.05) is 6.54 Å². The normalized spacial score (nSPS) is 10.2. The predicted octanol–water partition coefficient (Wildman–Crippen LogP) is 2.45. The number of nitrogens with zero attached hydrogens (tertiary/aromatic N) is 2. The molecule has 0 heterocycles. The minimum Gasteiger partial charge on any atom is -0.310 e. The Morgan fingerprint density at radius 1 is 1.38 bits per heavy atom. The summed E-state index contributed by atoms with van der Waals surface area (Å²) in [6.07, 6.45) is 7.98. The zero-order valence-corrected chi connectivity index (χ0v) is 8.42. The lowest BCUT2D eigenvalue weighted by Gasteiger charge is -1.97. The molecule has 0 fully saturated rings. The zero-order valence-electron chi connectivity index (χ0n) is 8.42. The Balaban J connectivity index is 3.00. The number of unbranched alkanes of at least 4 members (excludes halogenated alkanes) is 4. The molecule has 0 rings (SSSR count). The highest BCUT2D eigenvalue weighted by atomic mass is 15.3. The first kappa shape index (κ1) is 12.0. The van der Waals surface area contributed by atoms with E-state index < -0.39 is 0 Å². The summed E-state index contributed by atoms with van der Waals surface area (Å²) in [6.45, 7) is 3.15. The summed E-state index contributed by atoms with van der Waals surface area (Å²) in [7, 11) is 0. The van der Waals surface area contributed by atoms with Gasteiger partial charge in [0.25, 0.3) is 0 Å². The van der Waals surface area contributed by atoms with E-state index in [2.05, 4.69) is 23.5 Å². The van der Waals surface area contributed by atoms with E-state index in [-0.39, 0.29) is 0 Å². The van der Waals surface area contributed by atoms with Gasteiger partial charge in [-0.05, 0) is 19.3 Å². The van der Waals surface area contributed by atoms with Crippen molar-refractivity contribution in [3.8, 4) is 6.07 Å². The van der Waals surface area contributed by atoms with Crippen molar-refractivity contribution in [2.45, 2.75) is 45.4 Å². The number of hydrogen-bond acceptors (Lipinski definition) is 3. The Labute approximate surface area is 80.8 Å². The smallest absolute Gasteiger partial charge is 0.0621 e. The summed E-state index contributed by atoms with van der Waals surface area (Å²) in [6, 6.07) is 2.10. The molecule has 74 valence electrons. The molecule has 0 atom stereocenters. The lowest BCUT2D eigenvalue weighted by atomic mass is 10.2. The summed E-state index contributed by atoms with van der Waals surface area (Å²) in [5.74, 6) is 0. The van der Waals surface area contributed by atoms with Gasteiger partial charge in [0.05, 0.1) is 6.07 Å². The molecule has 0 saturated heterocycles. The summed E-state index contributed by atoms with van der Waals surface area (Å²) in [5, 5.41) is 12.3. The second kappa shape index (κ2) is 11.0. The van der Waals surface area contributed by atoms with E-state index in [4.69, 9.17) is 5.26 Å². The van der Waals surface area contributed by atoms with E-state index >= 15 is 0 Å². The van der Waals surface area contributed by atoms with E-state index in [1.807, 2.05) is 6.21 Å². The number of hydrazone groups is 1. The van der Waals surface area contributed by atoms with Crippen LogP contribution in [0.4, 0.5) is 0 Å². The third-order valence-corrected chi connectivity index (χ3v) is 1.70. The molecule has 3 heteroatoms. The number of nitrogens with one attached hydrogen (secondary N) is 1. The predicted molar refractivity (Wildman–Crippen MR) is 55.5 cm³/mol. The summed E-state index contributed by atoms with van der Waals surface area (Å²) >= 11 is 0. The van der Waals surface area contributed by atoms with Crippen LogP contribution in [-0.2, 0) is 0 Å². The molecule has 0 aliphatic rings. The second-order valence-electron chi connectivity index (χ2n) is 2.98. The van der Waals surface area contributed by atoms with E-state index in [9.17, 15) is 0 Å². The van der Waals surface area contributed by atoms with Crippen LogP contribution in [0, 0.1) is 11.3 Å². The van der Waals surface area contributed by atoms with Crippen LogP contribution in [0.1, 0.15) is 45.4 Å². The quantitative estimate of drug-likeness (QED) is 0.355. The van der Waals surface area contributed by atoms with E-state index in [1.165, 1.54) is 19.3 Å². The molecule has 0 aliphatic heterocycles. The average Bonchev–Trinajstić information content (AvgIpc) is 2.16. The van der Waals surface area contributed by atoms with Crippen molar-refractivity contribution >= 4 is 6.21 Å². The first-order valence-corrected chi connectivity index (χ1v) is 5.03. The van der Waals surface area contributed by atoms with Crippen LogP contribution in [0.2, 0.25) is 0 Å². The molecular weight excluding hydrogens is 162 g/mol. The Hall–Kier alpha value is -1.04. The first-order valence-electron chi connectivity index (χ1n) is 5.03. The Bertz CT molecular complexity index is 158. The van der Waals surface area contributed by atoms with Crippen LogP contribution >= 0.6 is 0 Å². The molecule has 0 aliphatic carbocycles. The van der Waals surface area contributed by atoms with Crippen molar-refractivity contribution < 1.29 is 0 Å². The van der Waals surface area contributed by atoms with Gasteiger partial charge >= 0.3 is 0 Å². The van der Waals surface area contributed by atoms with Gasteiger partial charge in [-0.1, -0.05) is 19.8 Å². The fourth-order valence-electron chi connectivity index (χ4n) is 0.920. The van der Waals surface area contributed by atoms with Gasteiger partial charge in [-0.2, -0.15) is 10.4 Å². The van der Waals surface area contributed by atoms with Crippen LogP contribution in [0.3, 0.4) is 0 Å². The lowest BCUT2D eigenvalue weighted by Crippen LogP contribution is -2.07. The van der Waals surface area contributed by atoms with Gasteiger partial charge in [0.1, 0.15) is 0 Å². The van der Waals surface area contributed by atoms with Gasteiger partial charge in [-0.25, -0.2) is 0 Å². The molecule has 1 N–H and O–H groups in total. The summed E-state index contributed by atoms with van der Waals surface area (Å²) < 4.78 is 0. The zero-order chi connectivity index (χ0) is 9.78. The van der Waals surface area contributed by atoms with Crippen molar-refractivity contribution in [1.82, 2.24) is 5.43 Å². The van der Waals surface area contributed by atoms with Gasteiger partial charge in [-0.15, -0.1) is 0 Å². The lowest BCUT2D eigenvalue weighted by molar-refractivity contribution is 0.639. The molecule has 0 aromatic carbocycles. The maximum atomic E-state index is 8.26. The first-order chi connectivity index (χ1) is 6.41. The Kier molecular flexibility index (Phi) is 10.1. The molecule has 0 aromatic rings.